The van der Waals surface area contributed by atoms with E-state index in [0.717, 1.165) is 42.5 Å². The topological polar surface area (TPSA) is 39.9 Å². The molecule has 0 saturated carbocycles. The molecule has 0 unspecified atom stereocenters. The number of fused-ring (bicyclic) bond motifs is 1. The number of ether oxygens (including phenoxy) is 1. The van der Waals surface area contributed by atoms with Crippen molar-refractivity contribution in [3.63, 3.8) is 0 Å². The minimum Gasteiger partial charge on any atom is -0.466 e. The predicted octanol–water partition coefficient (Wildman–Crippen LogP) is 8.66. The zero-order valence-corrected chi connectivity index (χ0v) is 20.8. The average Bonchev–Trinajstić information content (AvgIpc) is 3.29. The second-order valence-corrected chi connectivity index (χ2v) is 9.39. The zero-order valence-electron chi connectivity index (χ0n) is 20.8. The Kier molecular flexibility index (Phi) is 10.7. The molecule has 33 heavy (non-hydrogen) atoms. The number of hydrogen-bond donors (Lipinski definition) is 0. The summed E-state index contributed by atoms with van der Waals surface area (Å²) in [5, 5.41) is 9.16. The number of rotatable bonds is 17. The Bertz CT molecular complexity index is 889. The standard InChI is InChI=1S/C29H43N3O/c1-3-5-7-9-11-18-24-29(25-19-12-10-8-6-4-2,33-26-20-14-13-15-21-26)32-28-23-17-16-22-27(28)30-31-32/h13-17,20-23H,3-12,18-19,24-25H2,1-2H3. The van der Waals surface area contributed by atoms with Crippen LogP contribution in [0.5, 0.6) is 5.75 Å². The van der Waals surface area contributed by atoms with Gasteiger partial charge < -0.3 is 4.74 Å². The molecular formula is C29H43N3O. The predicted molar refractivity (Wildman–Crippen MR) is 139 cm³/mol. The van der Waals surface area contributed by atoms with Gasteiger partial charge in [0.15, 0.2) is 0 Å². The fourth-order valence-electron chi connectivity index (χ4n) is 4.72. The lowest BCUT2D eigenvalue weighted by Crippen LogP contribution is -2.41. The van der Waals surface area contributed by atoms with Gasteiger partial charge in [0.05, 0.1) is 5.52 Å². The summed E-state index contributed by atoms with van der Waals surface area (Å²) in [5.41, 5.74) is 1.49. The maximum atomic E-state index is 6.87. The first-order valence-corrected chi connectivity index (χ1v) is 13.3. The fourth-order valence-corrected chi connectivity index (χ4v) is 4.72. The van der Waals surface area contributed by atoms with Crippen molar-refractivity contribution >= 4 is 11.0 Å². The molecule has 0 aliphatic heterocycles. The van der Waals surface area contributed by atoms with Crippen LogP contribution >= 0.6 is 0 Å². The summed E-state index contributed by atoms with van der Waals surface area (Å²) in [6.45, 7) is 4.55. The number of nitrogens with zero attached hydrogens (tertiary/aromatic N) is 3. The molecule has 0 bridgehead atoms. The summed E-state index contributed by atoms with van der Waals surface area (Å²) < 4.78 is 8.96. The Morgan fingerprint density at radius 3 is 1.85 bits per heavy atom. The van der Waals surface area contributed by atoms with E-state index in [-0.39, 0.29) is 0 Å². The minimum atomic E-state index is -0.507. The molecule has 0 radical (unpaired) electrons. The third-order valence-corrected chi connectivity index (χ3v) is 6.63. The van der Waals surface area contributed by atoms with Gasteiger partial charge in [0.2, 0.25) is 5.72 Å². The average molecular weight is 450 g/mol. The lowest BCUT2D eigenvalue weighted by molar-refractivity contribution is -0.0392. The Balaban J connectivity index is 1.84. The highest BCUT2D eigenvalue weighted by atomic mass is 16.5. The first-order chi connectivity index (χ1) is 16.3. The van der Waals surface area contributed by atoms with Crippen molar-refractivity contribution < 1.29 is 4.74 Å². The van der Waals surface area contributed by atoms with E-state index in [2.05, 4.69) is 65.2 Å². The number of aromatic nitrogens is 3. The van der Waals surface area contributed by atoms with Crippen molar-refractivity contribution in [2.75, 3.05) is 0 Å². The quantitative estimate of drug-likeness (QED) is 0.194. The summed E-state index contributed by atoms with van der Waals surface area (Å²) in [4.78, 5) is 0. The van der Waals surface area contributed by atoms with Crippen LogP contribution in [0.15, 0.2) is 54.6 Å². The van der Waals surface area contributed by atoms with Gasteiger partial charge in [0.25, 0.3) is 0 Å². The van der Waals surface area contributed by atoms with E-state index in [0.29, 0.717) is 0 Å². The van der Waals surface area contributed by atoms with E-state index >= 15 is 0 Å². The molecule has 0 spiro atoms. The molecule has 0 fully saturated rings. The first-order valence-electron chi connectivity index (χ1n) is 13.3. The summed E-state index contributed by atoms with van der Waals surface area (Å²) in [6, 6.07) is 18.5. The third kappa shape index (κ3) is 7.58. The Morgan fingerprint density at radius 1 is 0.667 bits per heavy atom. The van der Waals surface area contributed by atoms with E-state index in [1.165, 1.54) is 64.2 Å². The molecule has 0 atom stereocenters. The maximum Gasteiger partial charge on any atom is 0.204 e. The second-order valence-electron chi connectivity index (χ2n) is 9.39. The SMILES string of the molecule is CCCCCCCCC(CCCCCCCC)(Oc1ccccc1)n1nnc2ccccc21. The highest BCUT2D eigenvalue weighted by Crippen LogP contribution is 2.35. The summed E-state index contributed by atoms with van der Waals surface area (Å²) in [6.07, 6.45) is 17.1. The maximum absolute atomic E-state index is 6.87. The van der Waals surface area contributed by atoms with E-state index < -0.39 is 5.72 Å². The molecule has 1 aromatic heterocycles. The molecule has 4 heteroatoms. The van der Waals surface area contributed by atoms with Gasteiger partial charge in [-0.1, -0.05) is 114 Å². The van der Waals surface area contributed by atoms with E-state index in [9.17, 15) is 0 Å². The molecule has 3 aromatic rings. The normalized spacial score (nSPS) is 11.8. The number of benzene rings is 2. The van der Waals surface area contributed by atoms with Crippen LogP contribution in [0, 0.1) is 0 Å². The van der Waals surface area contributed by atoms with E-state index in [1.807, 2.05) is 18.2 Å². The highest BCUT2D eigenvalue weighted by molar-refractivity contribution is 5.74. The molecule has 0 aliphatic rings. The van der Waals surface area contributed by atoms with Crippen LogP contribution in [-0.4, -0.2) is 15.0 Å². The number of unbranched alkanes of at least 4 members (excludes halogenated alkanes) is 10. The third-order valence-electron chi connectivity index (χ3n) is 6.63. The smallest absolute Gasteiger partial charge is 0.204 e. The molecular weight excluding hydrogens is 406 g/mol. The summed E-state index contributed by atoms with van der Waals surface area (Å²) >= 11 is 0. The van der Waals surface area contributed by atoms with Gasteiger partial charge >= 0.3 is 0 Å². The minimum absolute atomic E-state index is 0.507. The van der Waals surface area contributed by atoms with E-state index in [1.54, 1.807) is 0 Å². The van der Waals surface area contributed by atoms with Gasteiger partial charge in [-0.05, 0) is 37.1 Å². The molecule has 0 N–H and O–H groups in total. The number of hydrogen-bond acceptors (Lipinski definition) is 3. The van der Waals surface area contributed by atoms with Gasteiger partial charge in [0, 0.05) is 12.8 Å². The molecule has 0 amide bonds. The van der Waals surface area contributed by atoms with Crippen LogP contribution in [0.1, 0.15) is 104 Å². The van der Waals surface area contributed by atoms with Crippen molar-refractivity contribution in [3.8, 4) is 5.75 Å². The van der Waals surface area contributed by atoms with Crippen molar-refractivity contribution in [2.24, 2.45) is 0 Å². The molecule has 0 saturated heterocycles. The first kappa shape index (κ1) is 25.3. The van der Waals surface area contributed by atoms with Gasteiger partial charge in [-0.2, -0.15) is 0 Å². The van der Waals surface area contributed by atoms with Crippen LogP contribution in [0.4, 0.5) is 0 Å². The fraction of sp³-hybridized carbons (Fsp3) is 0.586. The molecule has 0 aliphatic carbocycles. The van der Waals surface area contributed by atoms with Crippen LogP contribution in [-0.2, 0) is 5.72 Å². The van der Waals surface area contributed by atoms with Crippen molar-refractivity contribution in [2.45, 2.75) is 109 Å². The second kappa shape index (κ2) is 14.0. The van der Waals surface area contributed by atoms with Gasteiger partial charge in [-0.25, -0.2) is 4.68 Å². The molecule has 3 rings (SSSR count). The Hall–Kier alpha value is -2.36. The summed E-state index contributed by atoms with van der Waals surface area (Å²) in [7, 11) is 0. The zero-order chi connectivity index (χ0) is 23.2. The van der Waals surface area contributed by atoms with Crippen molar-refractivity contribution in [1.29, 1.82) is 0 Å². The van der Waals surface area contributed by atoms with Gasteiger partial charge in [0.1, 0.15) is 11.3 Å². The van der Waals surface area contributed by atoms with E-state index in [4.69, 9.17) is 4.74 Å². The highest BCUT2D eigenvalue weighted by Gasteiger charge is 2.36. The van der Waals surface area contributed by atoms with Gasteiger partial charge in [-0.3, -0.25) is 0 Å². The van der Waals surface area contributed by atoms with Gasteiger partial charge in [-0.15, -0.1) is 5.10 Å². The lowest BCUT2D eigenvalue weighted by atomic mass is 9.96. The van der Waals surface area contributed by atoms with Crippen molar-refractivity contribution in [1.82, 2.24) is 15.0 Å². The molecule has 4 nitrogen and oxygen atoms in total. The molecule has 180 valence electrons. The largest absolute Gasteiger partial charge is 0.466 e. The van der Waals surface area contributed by atoms with Crippen molar-refractivity contribution in [3.05, 3.63) is 54.6 Å². The van der Waals surface area contributed by atoms with Crippen LogP contribution in [0.25, 0.3) is 11.0 Å². The van der Waals surface area contributed by atoms with Crippen LogP contribution in [0.2, 0.25) is 0 Å². The number of para-hydroxylation sites is 2. The van der Waals surface area contributed by atoms with Crippen LogP contribution in [0.3, 0.4) is 0 Å². The lowest BCUT2D eigenvalue weighted by Gasteiger charge is -2.35. The molecule has 1 heterocycles. The summed E-state index contributed by atoms with van der Waals surface area (Å²) in [5.74, 6) is 0.911. The van der Waals surface area contributed by atoms with Crippen LogP contribution < -0.4 is 4.74 Å². The Morgan fingerprint density at radius 2 is 1.21 bits per heavy atom. The molecule has 2 aromatic carbocycles. The monoisotopic (exact) mass is 449 g/mol. The Labute approximate surface area is 200 Å².